The predicted molar refractivity (Wildman–Crippen MR) is 113 cm³/mol. The van der Waals surface area contributed by atoms with E-state index in [-0.39, 0.29) is 17.4 Å². The fraction of sp³-hybridized carbons (Fsp3) is 0.143. The van der Waals surface area contributed by atoms with Crippen LogP contribution in [-0.4, -0.2) is 26.4 Å². The Morgan fingerprint density at radius 3 is 2.36 bits per heavy atom. The van der Waals surface area contributed by atoms with Crippen LogP contribution in [0.1, 0.15) is 33.2 Å². The van der Waals surface area contributed by atoms with Crippen LogP contribution in [0.4, 0.5) is 5.00 Å². The monoisotopic (exact) mass is 413 g/mol. The number of thiophene rings is 1. The lowest BCUT2D eigenvalue weighted by Crippen LogP contribution is -2.13. The number of nitrogens with one attached hydrogen (secondary N) is 1. The lowest BCUT2D eigenvalue weighted by atomic mass is 10.1. The van der Waals surface area contributed by atoms with Crippen LogP contribution in [0.5, 0.6) is 0 Å². The second-order valence-corrected chi connectivity index (χ2v) is 9.69. The summed E-state index contributed by atoms with van der Waals surface area (Å²) in [6.07, 6.45) is 1.15. The van der Waals surface area contributed by atoms with Gasteiger partial charge in [0.15, 0.2) is 15.6 Å². The standard InChI is InChI=1S/C21H19NO4S2/c1-14(23)18-12-19(16-8-4-3-5-9-16)27-21(18)22-20(24)17-10-6-7-15(11-17)13-28(2,25)26/h3-12H,13H2,1-2H3,(H,22,24). The van der Waals surface area contributed by atoms with E-state index in [4.69, 9.17) is 0 Å². The summed E-state index contributed by atoms with van der Waals surface area (Å²) in [6.45, 7) is 1.46. The van der Waals surface area contributed by atoms with Crippen molar-refractivity contribution in [3.05, 3.63) is 77.4 Å². The first-order valence-electron chi connectivity index (χ1n) is 8.51. The van der Waals surface area contributed by atoms with Gasteiger partial charge in [-0.3, -0.25) is 9.59 Å². The summed E-state index contributed by atoms with van der Waals surface area (Å²) in [4.78, 5) is 25.6. The summed E-state index contributed by atoms with van der Waals surface area (Å²) in [6, 6.07) is 17.9. The second-order valence-electron chi connectivity index (χ2n) is 6.50. The first-order chi connectivity index (χ1) is 13.2. The van der Waals surface area contributed by atoms with Crippen molar-refractivity contribution < 1.29 is 18.0 Å². The molecule has 7 heteroatoms. The lowest BCUT2D eigenvalue weighted by molar-refractivity contribution is 0.101. The van der Waals surface area contributed by atoms with Gasteiger partial charge in [-0.25, -0.2) is 8.42 Å². The molecular weight excluding hydrogens is 394 g/mol. The van der Waals surface area contributed by atoms with Crippen LogP contribution >= 0.6 is 11.3 Å². The summed E-state index contributed by atoms with van der Waals surface area (Å²) < 4.78 is 23.0. The number of hydrogen-bond donors (Lipinski definition) is 1. The summed E-state index contributed by atoms with van der Waals surface area (Å²) in [5.41, 5.74) is 2.29. The number of ketones is 1. The third-order valence-corrected chi connectivity index (χ3v) is 5.97. The maximum atomic E-state index is 12.7. The molecule has 1 heterocycles. The highest BCUT2D eigenvalue weighted by atomic mass is 32.2. The highest BCUT2D eigenvalue weighted by Gasteiger charge is 2.17. The molecule has 0 saturated carbocycles. The van der Waals surface area contributed by atoms with Gasteiger partial charge in [-0.15, -0.1) is 11.3 Å². The molecule has 28 heavy (non-hydrogen) atoms. The molecule has 3 aromatic rings. The minimum Gasteiger partial charge on any atom is -0.313 e. The average molecular weight is 414 g/mol. The Labute approximate surface area is 168 Å². The fourth-order valence-corrected chi connectivity index (χ4v) is 4.66. The highest BCUT2D eigenvalue weighted by Crippen LogP contribution is 2.36. The number of anilines is 1. The molecule has 0 aliphatic heterocycles. The fourth-order valence-electron chi connectivity index (χ4n) is 2.77. The number of hydrogen-bond acceptors (Lipinski definition) is 5. The third-order valence-electron chi connectivity index (χ3n) is 4.01. The molecule has 1 N–H and O–H groups in total. The molecule has 3 rings (SSSR count). The lowest BCUT2D eigenvalue weighted by Gasteiger charge is -2.06. The third kappa shape index (κ3) is 4.94. The molecule has 1 aromatic heterocycles. The molecule has 0 fully saturated rings. The molecule has 0 saturated heterocycles. The number of Topliss-reactive ketones (excluding diaryl/α,β-unsaturated/α-hetero) is 1. The molecule has 0 aliphatic carbocycles. The molecule has 0 unspecified atom stereocenters. The van der Waals surface area contributed by atoms with Crippen molar-refractivity contribution in [2.24, 2.45) is 0 Å². The minimum atomic E-state index is -3.20. The van der Waals surface area contributed by atoms with E-state index in [2.05, 4.69) is 5.32 Å². The smallest absolute Gasteiger partial charge is 0.256 e. The maximum Gasteiger partial charge on any atom is 0.256 e. The highest BCUT2D eigenvalue weighted by molar-refractivity contribution is 7.89. The molecule has 0 bridgehead atoms. The van der Waals surface area contributed by atoms with E-state index in [1.165, 1.54) is 18.3 Å². The van der Waals surface area contributed by atoms with E-state index < -0.39 is 9.84 Å². The number of amides is 1. The molecule has 0 spiro atoms. The van der Waals surface area contributed by atoms with Gasteiger partial charge in [-0.05, 0) is 36.2 Å². The summed E-state index contributed by atoms with van der Waals surface area (Å²) >= 11 is 1.33. The summed E-state index contributed by atoms with van der Waals surface area (Å²) in [7, 11) is -3.20. The van der Waals surface area contributed by atoms with Crippen molar-refractivity contribution in [1.29, 1.82) is 0 Å². The Morgan fingerprint density at radius 1 is 1.00 bits per heavy atom. The number of carbonyl (C=O) groups excluding carboxylic acids is 2. The van der Waals surface area contributed by atoms with E-state index in [0.717, 1.165) is 16.7 Å². The molecular formula is C21H19NO4S2. The van der Waals surface area contributed by atoms with Crippen LogP contribution < -0.4 is 5.32 Å². The molecule has 2 aromatic carbocycles. The number of sulfone groups is 1. The number of carbonyl (C=O) groups is 2. The Balaban J connectivity index is 1.89. The van der Waals surface area contributed by atoms with Crippen molar-refractivity contribution in [1.82, 2.24) is 0 Å². The SMILES string of the molecule is CC(=O)c1cc(-c2ccccc2)sc1NC(=O)c1cccc(CS(C)(=O)=O)c1. The maximum absolute atomic E-state index is 12.7. The number of rotatable bonds is 6. The molecule has 0 aliphatic rings. The number of benzene rings is 2. The van der Waals surface area contributed by atoms with Gasteiger partial charge in [-0.2, -0.15) is 0 Å². The van der Waals surface area contributed by atoms with E-state index in [9.17, 15) is 18.0 Å². The molecule has 1 amide bonds. The Morgan fingerprint density at radius 2 is 1.71 bits per heavy atom. The van der Waals surface area contributed by atoms with Gasteiger partial charge >= 0.3 is 0 Å². The second kappa shape index (κ2) is 8.08. The van der Waals surface area contributed by atoms with Crippen LogP contribution in [-0.2, 0) is 15.6 Å². The van der Waals surface area contributed by atoms with Gasteiger partial charge in [0.05, 0.1) is 11.3 Å². The topological polar surface area (TPSA) is 80.3 Å². The quantitative estimate of drug-likeness (QED) is 0.607. The van der Waals surface area contributed by atoms with Crippen molar-refractivity contribution in [3.8, 4) is 10.4 Å². The first kappa shape index (κ1) is 20.0. The van der Waals surface area contributed by atoms with Crippen LogP contribution in [0.25, 0.3) is 10.4 Å². The van der Waals surface area contributed by atoms with Crippen LogP contribution in [0, 0.1) is 0 Å². The van der Waals surface area contributed by atoms with E-state index >= 15 is 0 Å². The Bertz CT molecular complexity index is 1130. The van der Waals surface area contributed by atoms with Gasteiger partial charge in [0.1, 0.15) is 5.00 Å². The minimum absolute atomic E-state index is 0.135. The zero-order valence-corrected chi connectivity index (χ0v) is 17.1. The van der Waals surface area contributed by atoms with Crippen LogP contribution in [0.3, 0.4) is 0 Å². The van der Waals surface area contributed by atoms with E-state index in [1.807, 2.05) is 30.3 Å². The molecule has 144 valence electrons. The largest absolute Gasteiger partial charge is 0.313 e. The zero-order valence-electron chi connectivity index (χ0n) is 15.4. The van der Waals surface area contributed by atoms with Gasteiger partial charge in [0.25, 0.3) is 5.91 Å². The van der Waals surface area contributed by atoms with Crippen molar-refractivity contribution in [2.45, 2.75) is 12.7 Å². The summed E-state index contributed by atoms with van der Waals surface area (Å²) in [5.74, 6) is -0.664. The normalized spacial score (nSPS) is 11.2. The Hall–Kier alpha value is -2.77. The average Bonchev–Trinajstić information content (AvgIpc) is 3.05. The predicted octanol–water partition coefficient (Wildman–Crippen LogP) is 4.41. The summed E-state index contributed by atoms with van der Waals surface area (Å²) in [5, 5.41) is 3.27. The van der Waals surface area contributed by atoms with Crippen LogP contribution in [0.2, 0.25) is 0 Å². The van der Waals surface area contributed by atoms with Gasteiger partial charge in [-0.1, -0.05) is 42.5 Å². The van der Waals surface area contributed by atoms with Gasteiger partial charge < -0.3 is 5.32 Å². The van der Waals surface area contributed by atoms with Crippen LogP contribution in [0.15, 0.2) is 60.7 Å². The first-order valence-corrected chi connectivity index (χ1v) is 11.4. The zero-order chi connectivity index (χ0) is 20.3. The molecule has 0 atom stereocenters. The van der Waals surface area contributed by atoms with E-state index in [1.54, 1.807) is 30.3 Å². The van der Waals surface area contributed by atoms with E-state index in [0.29, 0.717) is 21.7 Å². The van der Waals surface area contributed by atoms with Crippen molar-refractivity contribution >= 4 is 37.9 Å². The van der Waals surface area contributed by atoms with Crippen molar-refractivity contribution in [2.75, 3.05) is 11.6 Å². The molecule has 5 nitrogen and oxygen atoms in total. The van der Waals surface area contributed by atoms with Gasteiger partial charge in [0, 0.05) is 16.7 Å². The molecule has 0 radical (unpaired) electrons. The van der Waals surface area contributed by atoms with Crippen molar-refractivity contribution in [3.63, 3.8) is 0 Å². The van der Waals surface area contributed by atoms with Gasteiger partial charge in [0.2, 0.25) is 0 Å². The Kier molecular flexibility index (Phi) is 5.76.